The van der Waals surface area contributed by atoms with Crippen molar-refractivity contribution in [2.75, 3.05) is 0 Å². The van der Waals surface area contributed by atoms with Crippen molar-refractivity contribution in [3.63, 3.8) is 0 Å². The quantitative estimate of drug-likeness (QED) is 0.659. The summed E-state index contributed by atoms with van der Waals surface area (Å²) < 4.78 is 0. The fourth-order valence-electron chi connectivity index (χ4n) is 3.72. The van der Waals surface area contributed by atoms with Crippen LogP contribution in [0, 0.1) is 11.8 Å². The zero-order valence-corrected chi connectivity index (χ0v) is 12.8. The summed E-state index contributed by atoms with van der Waals surface area (Å²) in [5.74, 6) is 7.32. The van der Waals surface area contributed by atoms with Crippen LogP contribution in [0.2, 0.25) is 0 Å². The molecule has 1 aliphatic carbocycles. The van der Waals surface area contributed by atoms with Crippen LogP contribution in [0.5, 0.6) is 0 Å². The van der Waals surface area contributed by atoms with Gasteiger partial charge in [-0.3, -0.25) is 16.3 Å². The molecule has 3 heteroatoms. The van der Waals surface area contributed by atoms with E-state index < -0.39 is 0 Å². The maximum absolute atomic E-state index is 5.88. The fourth-order valence-corrected chi connectivity index (χ4v) is 3.72. The minimum Gasteiger partial charge on any atom is -0.271 e. The molecule has 0 radical (unpaired) electrons. The van der Waals surface area contributed by atoms with Gasteiger partial charge < -0.3 is 0 Å². The average Bonchev–Trinajstić information content (AvgIpc) is 2.56. The van der Waals surface area contributed by atoms with Gasteiger partial charge in [0.15, 0.2) is 0 Å². The monoisotopic (exact) mass is 283 g/mol. The highest BCUT2D eigenvalue weighted by molar-refractivity contribution is 5.78. The number of rotatable bonds is 4. The third kappa shape index (κ3) is 3.09. The third-order valence-electron chi connectivity index (χ3n) is 4.99. The molecule has 1 aromatic heterocycles. The first-order valence-electron chi connectivity index (χ1n) is 8.13. The fraction of sp³-hybridized carbons (Fsp3) is 0.500. The Morgan fingerprint density at radius 1 is 1.24 bits per heavy atom. The molecular weight excluding hydrogens is 258 g/mol. The van der Waals surface area contributed by atoms with Gasteiger partial charge in [0.2, 0.25) is 0 Å². The van der Waals surface area contributed by atoms with Crippen LogP contribution in [0.1, 0.15) is 50.8 Å². The van der Waals surface area contributed by atoms with Gasteiger partial charge in [-0.2, -0.15) is 0 Å². The van der Waals surface area contributed by atoms with E-state index in [0.717, 1.165) is 17.1 Å². The van der Waals surface area contributed by atoms with E-state index in [4.69, 9.17) is 10.8 Å². The standard InChI is InChI=1S/C18H25N3/c1-2-13-6-5-8-15(12-13)18(21-19)17-11-10-14-7-3-4-9-16(14)20-17/h3-4,7,9-11,13,15,18,21H,2,5-6,8,12,19H2,1H3. The van der Waals surface area contributed by atoms with Gasteiger partial charge in [-0.25, -0.2) is 0 Å². The SMILES string of the molecule is CCC1CCCC(C(NN)c2ccc3ccccc3n2)C1. The molecular formula is C18H25N3. The third-order valence-corrected chi connectivity index (χ3v) is 4.99. The van der Waals surface area contributed by atoms with E-state index in [1.807, 2.05) is 6.07 Å². The number of pyridine rings is 1. The Labute approximate surface area is 126 Å². The zero-order chi connectivity index (χ0) is 14.7. The van der Waals surface area contributed by atoms with Crippen LogP contribution in [0.4, 0.5) is 0 Å². The first-order chi connectivity index (χ1) is 10.3. The molecule has 0 saturated heterocycles. The van der Waals surface area contributed by atoms with E-state index in [9.17, 15) is 0 Å². The van der Waals surface area contributed by atoms with Crippen LogP contribution < -0.4 is 11.3 Å². The number of aromatic nitrogens is 1. The summed E-state index contributed by atoms with van der Waals surface area (Å²) in [6, 6.07) is 12.7. The molecule has 0 aliphatic heterocycles. The van der Waals surface area contributed by atoms with Crippen LogP contribution in [-0.2, 0) is 0 Å². The molecule has 3 nitrogen and oxygen atoms in total. The number of nitrogens with zero attached hydrogens (tertiary/aromatic N) is 1. The van der Waals surface area contributed by atoms with Gasteiger partial charge in [0, 0.05) is 5.39 Å². The summed E-state index contributed by atoms with van der Waals surface area (Å²) in [4.78, 5) is 4.83. The molecule has 3 unspecified atom stereocenters. The number of hydrazine groups is 1. The Kier molecular flexibility index (Phi) is 4.51. The summed E-state index contributed by atoms with van der Waals surface area (Å²) in [6.07, 6.45) is 6.48. The molecule has 2 aromatic rings. The lowest BCUT2D eigenvalue weighted by atomic mass is 9.76. The van der Waals surface area contributed by atoms with E-state index in [1.165, 1.54) is 37.5 Å². The molecule has 0 bridgehead atoms. The number of benzene rings is 1. The van der Waals surface area contributed by atoms with E-state index in [0.29, 0.717) is 5.92 Å². The predicted octanol–water partition coefficient (Wildman–Crippen LogP) is 3.96. The smallest absolute Gasteiger partial charge is 0.0706 e. The molecule has 0 spiro atoms. The average molecular weight is 283 g/mol. The summed E-state index contributed by atoms with van der Waals surface area (Å²) in [6.45, 7) is 2.30. The van der Waals surface area contributed by atoms with Crippen LogP contribution in [0.15, 0.2) is 36.4 Å². The first kappa shape index (κ1) is 14.5. The largest absolute Gasteiger partial charge is 0.271 e. The lowest BCUT2D eigenvalue weighted by Crippen LogP contribution is -2.36. The Morgan fingerprint density at radius 2 is 2.10 bits per heavy atom. The predicted molar refractivity (Wildman–Crippen MR) is 87.5 cm³/mol. The molecule has 3 N–H and O–H groups in total. The second-order valence-electron chi connectivity index (χ2n) is 6.27. The zero-order valence-electron chi connectivity index (χ0n) is 12.8. The normalized spacial score (nSPS) is 24.1. The maximum Gasteiger partial charge on any atom is 0.0706 e. The highest BCUT2D eigenvalue weighted by Crippen LogP contribution is 2.37. The molecule has 3 rings (SSSR count). The second-order valence-corrected chi connectivity index (χ2v) is 6.27. The van der Waals surface area contributed by atoms with E-state index in [-0.39, 0.29) is 6.04 Å². The van der Waals surface area contributed by atoms with Crippen LogP contribution in [-0.4, -0.2) is 4.98 Å². The van der Waals surface area contributed by atoms with Crippen molar-refractivity contribution in [3.05, 3.63) is 42.1 Å². The van der Waals surface area contributed by atoms with Gasteiger partial charge >= 0.3 is 0 Å². The van der Waals surface area contributed by atoms with Crippen molar-refractivity contribution in [2.45, 2.75) is 45.1 Å². The van der Waals surface area contributed by atoms with E-state index >= 15 is 0 Å². The van der Waals surface area contributed by atoms with Crippen molar-refractivity contribution in [1.29, 1.82) is 0 Å². The second kappa shape index (κ2) is 6.54. The molecule has 112 valence electrons. The summed E-state index contributed by atoms with van der Waals surface area (Å²) in [5.41, 5.74) is 5.17. The Bertz CT molecular complexity index is 596. The number of hydrogen-bond donors (Lipinski definition) is 2. The summed E-state index contributed by atoms with van der Waals surface area (Å²) in [7, 11) is 0. The van der Waals surface area contributed by atoms with E-state index in [1.54, 1.807) is 0 Å². The van der Waals surface area contributed by atoms with Gasteiger partial charge in [-0.1, -0.05) is 50.5 Å². The minimum atomic E-state index is 0.170. The van der Waals surface area contributed by atoms with E-state index in [2.05, 4.69) is 42.7 Å². The number of nitrogens with two attached hydrogens (primary N) is 1. The Balaban J connectivity index is 1.86. The first-order valence-corrected chi connectivity index (χ1v) is 8.13. The van der Waals surface area contributed by atoms with Gasteiger partial charge in [0.1, 0.15) is 0 Å². The molecule has 1 fully saturated rings. The number of fused-ring (bicyclic) bond motifs is 1. The van der Waals surface area contributed by atoms with Crippen molar-refractivity contribution >= 4 is 10.9 Å². The highest BCUT2D eigenvalue weighted by atomic mass is 15.2. The Hall–Kier alpha value is -1.45. The van der Waals surface area contributed by atoms with Crippen molar-refractivity contribution < 1.29 is 0 Å². The summed E-state index contributed by atoms with van der Waals surface area (Å²) >= 11 is 0. The molecule has 1 heterocycles. The van der Waals surface area contributed by atoms with Gasteiger partial charge in [0.25, 0.3) is 0 Å². The Morgan fingerprint density at radius 3 is 2.90 bits per heavy atom. The molecule has 0 amide bonds. The maximum atomic E-state index is 5.88. The molecule has 1 aromatic carbocycles. The lowest BCUT2D eigenvalue weighted by Gasteiger charge is -2.33. The molecule has 1 saturated carbocycles. The number of nitrogens with one attached hydrogen (secondary N) is 1. The molecule has 21 heavy (non-hydrogen) atoms. The van der Waals surface area contributed by atoms with Crippen molar-refractivity contribution in [1.82, 2.24) is 10.4 Å². The lowest BCUT2D eigenvalue weighted by molar-refractivity contribution is 0.208. The number of para-hydroxylation sites is 1. The summed E-state index contributed by atoms with van der Waals surface area (Å²) in [5, 5.41) is 1.19. The highest BCUT2D eigenvalue weighted by Gasteiger charge is 2.29. The van der Waals surface area contributed by atoms with Crippen LogP contribution in [0.3, 0.4) is 0 Å². The number of hydrogen-bond acceptors (Lipinski definition) is 3. The van der Waals surface area contributed by atoms with Gasteiger partial charge in [-0.15, -0.1) is 0 Å². The van der Waals surface area contributed by atoms with Gasteiger partial charge in [0.05, 0.1) is 17.3 Å². The topological polar surface area (TPSA) is 50.9 Å². The van der Waals surface area contributed by atoms with Crippen LogP contribution in [0.25, 0.3) is 10.9 Å². The van der Waals surface area contributed by atoms with Crippen molar-refractivity contribution in [2.24, 2.45) is 17.7 Å². The van der Waals surface area contributed by atoms with Crippen LogP contribution >= 0.6 is 0 Å². The molecule has 1 aliphatic rings. The minimum absolute atomic E-state index is 0.170. The molecule has 3 atom stereocenters. The van der Waals surface area contributed by atoms with Gasteiger partial charge in [-0.05, 0) is 36.8 Å². The van der Waals surface area contributed by atoms with Crippen molar-refractivity contribution in [3.8, 4) is 0 Å².